The van der Waals surface area contributed by atoms with Crippen LogP contribution in [0.4, 0.5) is 0 Å². The second-order valence-corrected chi connectivity index (χ2v) is 6.44. The molecule has 3 rings (SSSR count). The van der Waals surface area contributed by atoms with E-state index in [-0.39, 0.29) is 12.8 Å². The molecule has 0 radical (unpaired) electrons. The summed E-state index contributed by atoms with van der Waals surface area (Å²) in [5.74, 6) is 0. The van der Waals surface area contributed by atoms with E-state index in [2.05, 4.69) is 112 Å². The molecule has 0 amide bonds. The molecule has 0 N–H and O–H groups in total. The third-order valence-corrected chi connectivity index (χ3v) is 5.12. The maximum atomic E-state index is 3.98. The molecule has 166 valence electrons. The van der Waals surface area contributed by atoms with Gasteiger partial charge in [-0.15, -0.1) is 0 Å². The Morgan fingerprint density at radius 1 is 0.710 bits per heavy atom. The molecular weight excluding hydrogens is 372 g/mol. The first-order valence-corrected chi connectivity index (χ1v) is 11.2. The first kappa shape index (κ1) is 28.1. The van der Waals surface area contributed by atoms with Crippen molar-refractivity contribution < 1.29 is 0 Å². The predicted octanol–water partition coefficient (Wildman–Crippen LogP) is 9.85. The Hall–Kier alpha value is -2.86. The molecule has 0 bridgehead atoms. The molecule has 0 nitrogen and oxygen atoms in total. The summed E-state index contributed by atoms with van der Waals surface area (Å²) >= 11 is 0. The van der Waals surface area contributed by atoms with Gasteiger partial charge in [0.05, 0.1) is 5.41 Å². The summed E-state index contributed by atoms with van der Waals surface area (Å²) in [5.41, 5.74) is 7.48. The highest BCUT2D eigenvalue weighted by atomic mass is 14.5. The van der Waals surface area contributed by atoms with Crippen LogP contribution in [0.5, 0.6) is 0 Å². The van der Waals surface area contributed by atoms with Crippen molar-refractivity contribution in [3.8, 4) is 11.1 Å². The average Bonchev–Trinajstić information content (AvgIpc) is 3.11. The molecule has 0 unspecified atom stereocenters. The number of benzene rings is 2. The Morgan fingerprint density at radius 2 is 1.13 bits per heavy atom. The van der Waals surface area contributed by atoms with E-state index in [4.69, 9.17) is 0 Å². The van der Waals surface area contributed by atoms with Gasteiger partial charge in [0.2, 0.25) is 0 Å². The minimum atomic E-state index is -0.324. The van der Waals surface area contributed by atoms with E-state index in [1.165, 1.54) is 33.4 Å². The van der Waals surface area contributed by atoms with Gasteiger partial charge in [-0.2, -0.15) is 0 Å². The summed E-state index contributed by atoms with van der Waals surface area (Å²) < 4.78 is 0. The van der Waals surface area contributed by atoms with Crippen molar-refractivity contribution in [1.82, 2.24) is 0 Å². The zero-order chi connectivity index (χ0) is 22.6. The van der Waals surface area contributed by atoms with Gasteiger partial charge < -0.3 is 0 Å². The van der Waals surface area contributed by atoms with Gasteiger partial charge in [0, 0.05) is 0 Å². The third kappa shape index (κ3) is 5.07. The van der Waals surface area contributed by atoms with Crippen molar-refractivity contribution in [2.75, 3.05) is 0 Å². The lowest BCUT2D eigenvalue weighted by atomic mass is 9.66. The molecule has 0 fully saturated rings. The summed E-state index contributed by atoms with van der Waals surface area (Å²) in [6, 6.07) is 17.5. The molecule has 2 aromatic rings. The van der Waals surface area contributed by atoms with Crippen LogP contribution in [-0.4, -0.2) is 0 Å². The first-order valence-electron chi connectivity index (χ1n) is 11.2. The van der Waals surface area contributed by atoms with Crippen molar-refractivity contribution in [1.29, 1.82) is 0 Å². The minimum Gasteiger partial charge on any atom is -0.0991 e. The van der Waals surface area contributed by atoms with E-state index in [1.54, 1.807) is 0 Å². The zero-order valence-corrected chi connectivity index (χ0v) is 19.9. The maximum absolute atomic E-state index is 3.98. The van der Waals surface area contributed by atoms with Crippen LogP contribution >= 0.6 is 0 Å². The summed E-state index contributed by atoms with van der Waals surface area (Å²) in [6.07, 6.45) is 15.0. The van der Waals surface area contributed by atoms with E-state index < -0.39 is 0 Å². The van der Waals surface area contributed by atoms with E-state index in [9.17, 15) is 0 Å². The smallest absolute Gasteiger partial charge is 0.0710 e. The minimum absolute atomic E-state index is 0. The lowest BCUT2D eigenvalue weighted by molar-refractivity contribution is 0.763. The van der Waals surface area contributed by atoms with E-state index >= 15 is 0 Å². The topological polar surface area (TPSA) is 0 Å². The molecular formula is C31H42. The first-order chi connectivity index (χ1) is 14.7. The van der Waals surface area contributed by atoms with Gasteiger partial charge in [0.1, 0.15) is 0 Å². The van der Waals surface area contributed by atoms with Crippen molar-refractivity contribution in [3.63, 3.8) is 0 Å². The normalized spacial score (nSPS) is 13.9. The Balaban J connectivity index is 0.00000170. The Labute approximate surface area is 192 Å². The van der Waals surface area contributed by atoms with E-state index in [1.807, 2.05) is 33.8 Å². The summed E-state index contributed by atoms with van der Waals surface area (Å²) in [6.45, 7) is 18.3. The standard InChI is InChI=1S/C26H26.2C2H6.CH4/c1-5-13-20(8-4)26(21(14-6-2)15-7-3)24-18-11-9-16-22(24)23-17-10-12-19-25(23)26;2*1-2;/h5-19H,2H2,1,3-4H3;2*1-2H3;1H4/b13-5-,15-7-,20-8+,21-14+;;;. The fraction of sp³-hybridized carbons (Fsp3) is 0.290. The number of allylic oxidation sites excluding steroid dienone is 9. The van der Waals surface area contributed by atoms with Crippen LogP contribution in [-0.2, 0) is 5.41 Å². The molecule has 1 aliphatic rings. The molecule has 0 atom stereocenters. The van der Waals surface area contributed by atoms with Crippen LogP contribution in [0.1, 0.15) is 67.0 Å². The molecule has 31 heavy (non-hydrogen) atoms. The fourth-order valence-corrected chi connectivity index (χ4v) is 4.25. The van der Waals surface area contributed by atoms with Gasteiger partial charge in [-0.3, -0.25) is 0 Å². The molecule has 0 heterocycles. The van der Waals surface area contributed by atoms with Gasteiger partial charge in [0.25, 0.3) is 0 Å². The summed E-state index contributed by atoms with van der Waals surface area (Å²) in [7, 11) is 0. The lowest BCUT2D eigenvalue weighted by Crippen LogP contribution is -2.29. The number of hydrogen-bond donors (Lipinski definition) is 0. The van der Waals surface area contributed by atoms with Gasteiger partial charge >= 0.3 is 0 Å². The maximum Gasteiger partial charge on any atom is 0.0710 e. The monoisotopic (exact) mass is 414 g/mol. The fourth-order valence-electron chi connectivity index (χ4n) is 4.25. The van der Waals surface area contributed by atoms with E-state index in [0.29, 0.717) is 0 Å². The molecule has 2 aromatic carbocycles. The molecule has 0 aliphatic heterocycles. The highest BCUT2D eigenvalue weighted by molar-refractivity contribution is 5.87. The summed E-state index contributed by atoms with van der Waals surface area (Å²) in [5, 5.41) is 0. The number of rotatable bonds is 5. The van der Waals surface area contributed by atoms with Crippen molar-refractivity contribution in [3.05, 3.63) is 120 Å². The van der Waals surface area contributed by atoms with Crippen LogP contribution in [0.25, 0.3) is 11.1 Å². The van der Waals surface area contributed by atoms with Gasteiger partial charge in [0.15, 0.2) is 0 Å². The second-order valence-electron chi connectivity index (χ2n) is 6.44. The van der Waals surface area contributed by atoms with Crippen LogP contribution in [0.15, 0.2) is 109 Å². The van der Waals surface area contributed by atoms with Crippen molar-refractivity contribution in [2.45, 2.75) is 61.3 Å². The molecule has 0 saturated carbocycles. The molecule has 0 aromatic heterocycles. The zero-order valence-electron chi connectivity index (χ0n) is 19.9. The summed E-state index contributed by atoms with van der Waals surface area (Å²) in [4.78, 5) is 0. The van der Waals surface area contributed by atoms with Gasteiger partial charge in [-0.05, 0) is 54.2 Å². The van der Waals surface area contributed by atoms with Crippen LogP contribution in [0.2, 0.25) is 0 Å². The van der Waals surface area contributed by atoms with Crippen LogP contribution < -0.4 is 0 Å². The number of fused-ring (bicyclic) bond motifs is 3. The second kappa shape index (κ2) is 14.2. The lowest BCUT2D eigenvalue weighted by Gasteiger charge is -2.35. The number of hydrogen-bond acceptors (Lipinski definition) is 0. The molecule has 0 saturated heterocycles. The van der Waals surface area contributed by atoms with Crippen LogP contribution in [0.3, 0.4) is 0 Å². The highest BCUT2D eigenvalue weighted by Gasteiger charge is 2.46. The predicted molar refractivity (Wildman–Crippen MR) is 144 cm³/mol. The van der Waals surface area contributed by atoms with E-state index in [0.717, 1.165) is 0 Å². The Morgan fingerprint density at radius 3 is 1.52 bits per heavy atom. The molecule has 0 heteroatoms. The van der Waals surface area contributed by atoms with Crippen molar-refractivity contribution >= 4 is 0 Å². The Kier molecular flexibility index (Phi) is 12.9. The highest BCUT2D eigenvalue weighted by Crippen LogP contribution is 2.56. The quantitative estimate of drug-likeness (QED) is 0.427. The Bertz CT molecular complexity index is 887. The average molecular weight is 415 g/mol. The van der Waals surface area contributed by atoms with Crippen molar-refractivity contribution in [2.24, 2.45) is 0 Å². The third-order valence-electron chi connectivity index (χ3n) is 5.12. The molecule has 0 spiro atoms. The molecule has 1 aliphatic carbocycles. The van der Waals surface area contributed by atoms with Gasteiger partial charge in [-0.1, -0.05) is 133 Å². The largest absolute Gasteiger partial charge is 0.0991 e. The SMILES string of the molecule is C.C=C/C=C(\C=C/C)C1(C(/C=C\C)=C/C)c2ccccc2-c2ccccc21.CC.CC. The van der Waals surface area contributed by atoms with Gasteiger partial charge in [-0.25, -0.2) is 0 Å². The van der Waals surface area contributed by atoms with Crippen LogP contribution in [0, 0.1) is 0 Å².